The van der Waals surface area contributed by atoms with Crippen molar-refractivity contribution < 1.29 is 9.59 Å². The molecule has 0 aliphatic carbocycles. The average Bonchev–Trinajstić information content (AvgIpc) is 2.31. The zero-order valence-electron chi connectivity index (χ0n) is 12.1. The van der Waals surface area contributed by atoms with E-state index in [2.05, 4.69) is 10.6 Å². The summed E-state index contributed by atoms with van der Waals surface area (Å²) in [4.78, 5) is 23.8. The maximum absolute atomic E-state index is 11.9. The molecule has 0 spiro atoms. The highest BCUT2D eigenvalue weighted by Crippen LogP contribution is 2.03. The molecule has 18 heavy (non-hydrogen) atoms. The Kier molecular flexibility index (Phi) is 8.18. The number of carbonyl (C=O) groups excluding carboxylic acids is 2. The molecule has 0 aliphatic rings. The molecule has 7 heteroatoms. The minimum atomic E-state index is -1.77. The standard InChI is InChI=1S/C11H26N4O2Si/c1-6-12-10(16)14(8-3)18(5)15(9-4)11(17)13-7-2/h18H,6-9H2,1-5H3,(H,12,16)(H,13,17). The maximum Gasteiger partial charge on any atom is 0.310 e. The quantitative estimate of drug-likeness (QED) is 0.708. The third-order valence-corrected chi connectivity index (χ3v) is 5.76. The summed E-state index contributed by atoms with van der Waals surface area (Å²) < 4.78 is 3.56. The van der Waals surface area contributed by atoms with Gasteiger partial charge in [-0.1, -0.05) is 0 Å². The van der Waals surface area contributed by atoms with Gasteiger partial charge in [0, 0.05) is 26.2 Å². The number of carbonyl (C=O) groups is 2. The van der Waals surface area contributed by atoms with Crippen LogP contribution in [0.5, 0.6) is 0 Å². The number of nitrogens with zero attached hydrogens (tertiary/aromatic N) is 2. The number of hydrogen-bond acceptors (Lipinski definition) is 2. The summed E-state index contributed by atoms with van der Waals surface area (Å²) in [7, 11) is -1.77. The van der Waals surface area contributed by atoms with E-state index in [0.29, 0.717) is 26.2 Å². The van der Waals surface area contributed by atoms with Crippen LogP contribution in [0.3, 0.4) is 0 Å². The van der Waals surface area contributed by atoms with Crippen LogP contribution in [0.1, 0.15) is 27.7 Å². The van der Waals surface area contributed by atoms with Gasteiger partial charge in [0.2, 0.25) is 0 Å². The van der Waals surface area contributed by atoms with Gasteiger partial charge in [-0.15, -0.1) is 0 Å². The minimum Gasteiger partial charge on any atom is -0.339 e. The molecular weight excluding hydrogens is 248 g/mol. The second kappa shape index (κ2) is 8.79. The van der Waals surface area contributed by atoms with Gasteiger partial charge >= 0.3 is 12.1 Å². The Morgan fingerprint density at radius 3 is 1.44 bits per heavy atom. The van der Waals surface area contributed by atoms with Gasteiger partial charge in [-0.2, -0.15) is 0 Å². The fourth-order valence-electron chi connectivity index (χ4n) is 1.83. The SMILES string of the molecule is CCNC(=O)N(CC)[SiH](C)N(CC)C(=O)NCC. The van der Waals surface area contributed by atoms with E-state index in [9.17, 15) is 9.59 Å². The van der Waals surface area contributed by atoms with Crippen molar-refractivity contribution in [3.8, 4) is 0 Å². The number of rotatable bonds is 6. The Bertz CT molecular complexity index is 250. The van der Waals surface area contributed by atoms with E-state index in [1.807, 2.05) is 34.2 Å². The first-order valence-corrected chi connectivity index (χ1v) is 8.80. The molecule has 106 valence electrons. The lowest BCUT2D eigenvalue weighted by molar-refractivity contribution is 0.213. The molecule has 0 saturated heterocycles. The zero-order valence-corrected chi connectivity index (χ0v) is 13.3. The van der Waals surface area contributed by atoms with Crippen molar-refractivity contribution in [2.45, 2.75) is 34.2 Å². The van der Waals surface area contributed by atoms with Crippen molar-refractivity contribution in [2.24, 2.45) is 0 Å². The van der Waals surface area contributed by atoms with Crippen LogP contribution < -0.4 is 10.6 Å². The molecule has 0 saturated carbocycles. The van der Waals surface area contributed by atoms with E-state index < -0.39 is 9.12 Å². The van der Waals surface area contributed by atoms with Crippen molar-refractivity contribution in [1.82, 2.24) is 19.8 Å². The fraction of sp³-hybridized carbons (Fsp3) is 0.818. The van der Waals surface area contributed by atoms with Crippen LogP contribution in [0.25, 0.3) is 0 Å². The molecule has 2 N–H and O–H groups in total. The number of amides is 4. The maximum atomic E-state index is 11.9. The van der Waals surface area contributed by atoms with Crippen LogP contribution in [-0.4, -0.2) is 56.5 Å². The second-order valence-corrected chi connectivity index (χ2v) is 6.39. The molecule has 0 heterocycles. The molecule has 0 rings (SSSR count). The lowest BCUT2D eigenvalue weighted by atomic mass is 10.7. The smallest absolute Gasteiger partial charge is 0.310 e. The average molecular weight is 274 g/mol. The van der Waals surface area contributed by atoms with Gasteiger partial charge in [0.05, 0.1) is 0 Å². The first-order valence-electron chi connectivity index (χ1n) is 6.62. The van der Waals surface area contributed by atoms with Gasteiger partial charge in [-0.05, 0) is 34.2 Å². The van der Waals surface area contributed by atoms with Crippen molar-refractivity contribution in [2.75, 3.05) is 26.2 Å². The Morgan fingerprint density at radius 2 is 1.22 bits per heavy atom. The monoisotopic (exact) mass is 274 g/mol. The van der Waals surface area contributed by atoms with Crippen LogP contribution in [0.4, 0.5) is 9.59 Å². The normalized spacial score (nSPS) is 10.1. The van der Waals surface area contributed by atoms with Gasteiger partial charge in [-0.3, -0.25) is 0 Å². The summed E-state index contributed by atoms with van der Waals surface area (Å²) >= 11 is 0. The molecule has 0 aromatic rings. The highest BCUT2D eigenvalue weighted by molar-refractivity contribution is 6.57. The summed E-state index contributed by atoms with van der Waals surface area (Å²) in [5.74, 6) is 0. The molecule has 0 radical (unpaired) electrons. The van der Waals surface area contributed by atoms with Crippen LogP contribution in [0.2, 0.25) is 6.55 Å². The van der Waals surface area contributed by atoms with Gasteiger partial charge in [-0.25, -0.2) is 9.59 Å². The predicted octanol–water partition coefficient (Wildman–Crippen LogP) is 0.940. The Labute approximate surface area is 111 Å². The van der Waals surface area contributed by atoms with Gasteiger partial charge in [0.25, 0.3) is 9.12 Å². The van der Waals surface area contributed by atoms with E-state index >= 15 is 0 Å². The Hall–Kier alpha value is -1.24. The van der Waals surface area contributed by atoms with E-state index in [4.69, 9.17) is 0 Å². The molecule has 0 bridgehead atoms. The number of hydrogen-bond donors (Lipinski definition) is 2. The van der Waals surface area contributed by atoms with Gasteiger partial charge in [0.1, 0.15) is 0 Å². The summed E-state index contributed by atoms with van der Waals surface area (Å²) in [6.45, 7) is 12.1. The predicted molar refractivity (Wildman–Crippen MR) is 75.9 cm³/mol. The van der Waals surface area contributed by atoms with Crippen LogP contribution in [0, 0.1) is 0 Å². The molecule has 0 fully saturated rings. The molecule has 0 atom stereocenters. The first kappa shape index (κ1) is 16.8. The summed E-state index contributed by atoms with van der Waals surface area (Å²) in [6.07, 6.45) is 0. The fourth-order valence-corrected chi connectivity index (χ4v) is 4.08. The van der Waals surface area contributed by atoms with Gasteiger partial charge in [0.15, 0.2) is 0 Å². The second-order valence-electron chi connectivity index (χ2n) is 3.87. The molecule has 0 unspecified atom stereocenters. The Balaban J connectivity index is 4.76. The lowest BCUT2D eigenvalue weighted by Crippen LogP contribution is -2.59. The molecule has 4 amide bonds. The third kappa shape index (κ3) is 4.56. The van der Waals surface area contributed by atoms with E-state index in [-0.39, 0.29) is 12.1 Å². The van der Waals surface area contributed by atoms with Crippen molar-refractivity contribution in [3.05, 3.63) is 0 Å². The summed E-state index contributed by atoms with van der Waals surface area (Å²) in [5, 5.41) is 5.58. The molecule has 6 nitrogen and oxygen atoms in total. The van der Waals surface area contributed by atoms with Crippen LogP contribution >= 0.6 is 0 Å². The van der Waals surface area contributed by atoms with Gasteiger partial charge < -0.3 is 19.8 Å². The third-order valence-electron chi connectivity index (χ3n) is 2.76. The lowest BCUT2D eigenvalue weighted by Gasteiger charge is -2.35. The summed E-state index contributed by atoms with van der Waals surface area (Å²) in [5.41, 5.74) is 0. The van der Waals surface area contributed by atoms with Crippen molar-refractivity contribution in [3.63, 3.8) is 0 Å². The van der Waals surface area contributed by atoms with E-state index in [1.54, 1.807) is 9.13 Å². The zero-order chi connectivity index (χ0) is 14.1. The molecule has 0 aromatic heterocycles. The van der Waals surface area contributed by atoms with Crippen molar-refractivity contribution >= 4 is 21.2 Å². The highest BCUT2D eigenvalue weighted by Gasteiger charge is 2.27. The van der Waals surface area contributed by atoms with Crippen molar-refractivity contribution in [1.29, 1.82) is 0 Å². The Morgan fingerprint density at radius 1 is 0.889 bits per heavy atom. The summed E-state index contributed by atoms with van der Waals surface area (Å²) in [6, 6.07) is -0.163. The van der Waals surface area contributed by atoms with Crippen LogP contribution in [0.15, 0.2) is 0 Å². The number of urea groups is 2. The van der Waals surface area contributed by atoms with E-state index in [0.717, 1.165) is 0 Å². The molecular formula is C11H26N4O2Si. The molecule has 0 aromatic carbocycles. The van der Waals surface area contributed by atoms with Crippen LogP contribution in [-0.2, 0) is 0 Å². The minimum absolute atomic E-state index is 0.0816. The topological polar surface area (TPSA) is 64.7 Å². The largest absolute Gasteiger partial charge is 0.339 e. The highest BCUT2D eigenvalue weighted by atomic mass is 28.3. The first-order chi connectivity index (χ1) is 8.53. The van der Waals surface area contributed by atoms with E-state index in [1.165, 1.54) is 0 Å². The number of nitrogens with one attached hydrogen (secondary N) is 2. The molecule has 0 aliphatic heterocycles.